The predicted molar refractivity (Wildman–Crippen MR) is 72.1 cm³/mol. The number of rotatable bonds is 3. The molecule has 0 radical (unpaired) electrons. The van der Waals surface area contributed by atoms with E-state index in [9.17, 15) is 4.79 Å². The summed E-state index contributed by atoms with van der Waals surface area (Å²) in [7, 11) is 0. The Kier molecular flexibility index (Phi) is 4.12. The Labute approximate surface area is 113 Å². The monoisotopic (exact) mass is 267 g/mol. The lowest BCUT2D eigenvalue weighted by Crippen LogP contribution is -2.38. The topological polar surface area (TPSA) is 29.5 Å². The van der Waals surface area contributed by atoms with Gasteiger partial charge in [0.05, 0.1) is 5.02 Å². The van der Waals surface area contributed by atoms with Crippen LogP contribution < -0.4 is 4.74 Å². The van der Waals surface area contributed by atoms with Crippen LogP contribution in [0.3, 0.4) is 0 Å². The second-order valence-electron chi connectivity index (χ2n) is 4.73. The maximum Gasteiger partial charge on any atom is 0.263 e. The quantitative estimate of drug-likeness (QED) is 0.842. The van der Waals surface area contributed by atoms with Gasteiger partial charge in [-0.3, -0.25) is 4.79 Å². The van der Waals surface area contributed by atoms with Gasteiger partial charge < -0.3 is 9.64 Å². The molecule has 0 aromatic heterocycles. The lowest BCUT2D eigenvalue weighted by atomic mass is 10.2. The van der Waals surface area contributed by atoms with Crippen LogP contribution in [0, 0.1) is 6.92 Å². The van der Waals surface area contributed by atoms with E-state index in [2.05, 4.69) is 0 Å². The number of hydrogen-bond acceptors (Lipinski definition) is 2. The number of hydrogen-bond donors (Lipinski definition) is 0. The van der Waals surface area contributed by atoms with Crippen molar-refractivity contribution in [3.05, 3.63) is 28.8 Å². The van der Waals surface area contributed by atoms with Crippen LogP contribution in [0.2, 0.25) is 5.02 Å². The molecule has 0 spiro atoms. The zero-order valence-corrected chi connectivity index (χ0v) is 11.5. The van der Waals surface area contributed by atoms with Gasteiger partial charge in [-0.15, -0.1) is 0 Å². The molecule has 1 aliphatic heterocycles. The molecule has 0 aliphatic carbocycles. The van der Waals surface area contributed by atoms with Crippen LogP contribution in [-0.4, -0.2) is 30.0 Å². The van der Waals surface area contributed by atoms with E-state index in [1.165, 1.54) is 0 Å². The van der Waals surface area contributed by atoms with Gasteiger partial charge in [0.15, 0.2) is 6.10 Å². The molecule has 0 N–H and O–H groups in total. The van der Waals surface area contributed by atoms with Crippen molar-refractivity contribution in [3.63, 3.8) is 0 Å². The fourth-order valence-corrected chi connectivity index (χ4v) is 2.30. The number of likely N-dealkylation sites (tertiary alicyclic amines) is 1. The molecule has 1 amide bonds. The Balaban J connectivity index is 2.03. The molecule has 1 aromatic carbocycles. The van der Waals surface area contributed by atoms with Crippen LogP contribution in [0.4, 0.5) is 0 Å². The Morgan fingerprint density at radius 3 is 2.72 bits per heavy atom. The van der Waals surface area contributed by atoms with Crippen LogP contribution >= 0.6 is 11.6 Å². The first-order chi connectivity index (χ1) is 8.58. The van der Waals surface area contributed by atoms with E-state index in [1.54, 1.807) is 13.0 Å². The first kappa shape index (κ1) is 13.2. The Bertz CT molecular complexity index is 441. The number of benzene rings is 1. The van der Waals surface area contributed by atoms with Crippen LogP contribution in [0.5, 0.6) is 5.75 Å². The van der Waals surface area contributed by atoms with E-state index in [1.807, 2.05) is 24.0 Å². The minimum absolute atomic E-state index is 0.0464. The largest absolute Gasteiger partial charge is 0.479 e. The summed E-state index contributed by atoms with van der Waals surface area (Å²) in [5, 5.41) is 0.543. The van der Waals surface area contributed by atoms with Crippen LogP contribution in [0.25, 0.3) is 0 Å². The van der Waals surface area contributed by atoms with Gasteiger partial charge in [0, 0.05) is 13.1 Å². The molecule has 1 unspecified atom stereocenters. The van der Waals surface area contributed by atoms with Crippen molar-refractivity contribution in [3.8, 4) is 5.75 Å². The lowest BCUT2D eigenvalue weighted by molar-refractivity contribution is -0.136. The first-order valence-corrected chi connectivity index (χ1v) is 6.67. The second-order valence-corrected chi connectivity index (χ2v) is 5.13. The van der Waals surface area contributed by atoms with Gasteiger partial charge in [0.1, 0.15) is 5.75 Å². The molecule has 1 fully saturated rings. The molecule has 1 heterocycles. The Morgan fingerprint density at radius 1 is 1.39 bits per heavy atom. The normalized spacial score (nSPS) is 16.7. The minimum Gasteiger partial charge on any atom is -0.479 e. The highest BCUT2D eigenvalue weighted by molar-refractivity contribution is 6.32. The number of aryl methyl sites for hydroxylation is 1. The molecule has 18 heavy (non-hydrogen) atoms. The third kappa shape index (κ3) is 2.96. The molecule has 3 nitrogen and oxygen atoms in total. The van der Waals surface area contributed by atoms with Crippen LogP contribution in [-0.2, 0) is 4.79 Å². The van der Waals surface area contributed by atoms with Crippen molar-refractivity contribution in [2.45, 2.75) is 32.8 Å². The zero-order chi connectivity index (χ0) is 13.1. The van der Waals surface area contributed by atoms with E-state index >= 15 is 0 Å². The standard InChI is InChI=1S/C14H18ClNO2/c1-10-5-6-12(15)13(9-10)18-11(2)14(17)16-7-3-4-8-16/h5-6,9,11H,3-4,7-8H2,1-2H3. The summed E-state index contributed by atoms with van der Waals surface area (Å²) in [6.07, 6.45) is 1.69. The van der Waals surface area contributed by atoms with Gasteiger partial charge in [-0.1, -0.05) is 17.7 Å². The summed E-state index contributed by atoms with van der Waals surface area (Å²) in [5.41, 5.74) is 1.07. The summed E-state index contributed by atoms with van der Waals surface area (Å²) in [6.45, 7) is 5.43. The van der Waals surface area contributed by atoms with Crippen molar-refractivity contribution in [1.82, 2.24) is 4.90 Å². The fraction of sp³-hybridized carbons (Fsp3) is 0.500. The summed E-state index contributed by atoms with van der Waals surface area (Å²) < 4.78 is 5.68. The lowest BCUT2D eigenvalue weighted by Gasteiger charge is -2.21. The number of carbonyl (C=O) groups excluding carboxylic acids is 1. The zero-order valence-electron chi connectivity index (χ0n) is 10.8. The molecule has 1 atom stereocenters. The van der Waals surface area contributed by atoms with Crippen molar-refractivity contribution < 1.29 is 9.53 Å². The summed E-state index contributed by atoms with van der Waals surface area (Å²) in [5.74, 6) is 0.627. The highest BCUT2D eigenvalue weighted by Crippen LogP contribution is 2.26. The van der Waals surface area contributed by atoms with Crippen molar-refractivity contribution in [2.24, 2.45) is 0 Å². The predicted octanol–water partition coefficient (Wildman–Crippen LogP) is 3.04. The van der Waals surface area contributed by atoms with E-state index in [0.29, 0.717) is 10.8 Å². The molecule has 98 valence electrons. The van der Waals surface area contributed by atoms with Gasteiger partial charge in [-0.05, 0) is 44.4 Å². The van der Waals surface area contributed by atoms with E-state index in [-0.39, 0.29) is 5.91 Å². The van der Waals surface area contributed by atoms with Gasteiger partial charge in [0.2, 0.25) is 0 Å². The Morgan fingerprint density at radius 2 is 2.06 bits per heavy atom. The molecule has 1 saturated heterocycles. The maximum atomic E-state index is 12.1. The third-order valence-corrected chi connectivity index (χ3v) is 3.47. The molecule has 2 rings (SSSR count). The molecule has 0 saturated carbocycles. The number of carbonyl (C=O) groups is 1. The smallest absolute Gasteiger partial charge is 0.263 e. The SMILES string of the molecule is Cc1ccc(Cl)c(OC(C)C(=O)N2CCCC2)c1. The highest BCUT2D eigenvalue weighted by atomic mass is 35.5. The van der Waals surface area contributed by atoms with Crippen LogP contribution in [0.15, 0.2) is 18.2 Å². The van der Waals surface area contributed by atoms with Gasteiger partial charge in [0.25, 0.3) is 5.91 Å². The Hall–Kier alpha value is -1.22. The van der Waals surface area contributed by atoms with Crippen molar-refractivity contribution >= 4 is 17.5 Å². The third-order valence-electron chi connectivity index (χ3n) is 3.16. The molecule has 1 aliphatic rings. The number of ether oxygens (including phenoxy) is 1. The van der Waals surface area contributed by atoms with Gasteiger partial charge in [-0.25, -0.2) is 0 Å². The summed E-state index contributed by atoms with van der Waals surface area (Å²) >= 11 is 6.05. The molecule has 1 aromatic rings. The average molecular weight is 268 g/mol. The van der Waals surface area contributed by atoms with Crippen LogP contribution in [0.1, 0.15) is 25.3 Å². The summed E-state index contributed by atoms with van der Waals surface area (Å²) in [4.78, 5) is 14.0. The molecular formula is C14H18ClNO2. The fourth-order valence-electron chi connectivity index (χ4n) is 2.14. The average Bonchev–Trinajstić information content (AvgIpc) is 2.86. The van der Waals surface area contributed by atoms with Crippen molar-refractivity contribution in [2.75, 3.05) is 13.1 Å². The van der Waals surface area contributed by atoms with E-state index in [4.69, 9.17) is 16.3 Å². The number of halogens is 1. The first-order valence-electron chi connectivity index (χ1n) is 6.29. The van der Waals surface area contributed by atoms with Gasteiger partial charge in [-0.2, -0.15) is 0 Å². The second kappa shape index (κ2) is 5.61. The van der Waals surface area contributed by atoms with E-state index in [0.717, 1.165) is 31.5 Å². The maximum absolute atomic E-state index is 12.1. The van der Waals surface area contributed by atoms with E-state index < -0.39 is 6.10 Å². The summed E-state index contributed by atoms with van der Waals surface area (Å²) in [6, 6.07) is 5.57. The highest BCUT2D eigenvalue weighted by Gasteiger charge is 2.24. The van der Waals surface area contributed by atoms with Gasteiger partial charge >= 0.3 is 0 Å². The minimum atomic E-state index is -0.484. The molecular weight excluding hydrogens is 250 g/mol. The van der Waals surface area contributed by atoms with Crippen molar-refractivity contribution in [1.29, 1.82) is 0 Å². The number of nitrogens with zero attached hydrogens (tertiary/aromatic N) is 1. The molecule has 4 heteroatoms. The number of amides is 1. The molecule has 0 bridgehead atoms.